The summed E-state index contributed by atoms with van der Waals surface area (Å²) in [7, 11) is -3.76. The van der Waals surface area contributed by atoms with Crippen molar-refractivity contribution in [2.75, 3.05) is 26.3 Å². The van der Waals surface area contributed by atoms with Crippen LogP contribution in [-0.4, -0.2) is 56.7 Å². The highest BCUT2D eigenvalue weighted by atomic mass is 32.2. The standard InChI is InChI=1S/C25H29NO7S/c1-4-32-24(28)19-7-9-22(10-8-19)34(30,31)26-13-11-20(12-14-26)25(29)33-16-23(27)21-6-5-17(2)18(3)15-21/h5-10,15,20H,4,11-14,16H2,1-3H3. The predicted octanol–water partition coefficient (Wildman–Crippen LogP) is 3.31. The summed E-state index contributed by atoms with van der Waals surface area (Å²) in [5, 5.41) is 0. The molecule has 3 rings (SSSR count). The average molecular weight is 488 g/mol. The average Bonchev–Trinajstić information content (AvgIpc) is 2.84. The van der Waals surface area contributed by atoms with Gasteiger partial charge in [0.25, 0.3) is 0 Å². The first-order chi connectivity index (χ1) is 16.1. The third kappa shape index (κ3) is 5.90. The lowest BCUT2D eigenvalue weighted by atomic mass is 9.98. The molecule has 1 aliphatic rings. The molecule has 0 amide bonds. The highest BCUT2D eigenvalue weighted by Crippen LogP contribution is 2.25. The van der Waals surface area contributed by atoms with Crippen molar-refractivity contribution >= 4 is 27.7 Å². The molecule has 9 heteroatoms. The summed E-state index contributed by atoms with van der Waals surface area (Å²) in [4.78, 5) is 36.6. The zero-order valence-electron chi connectivity index (χ0n) is 19.6. The van der Waals surface area contributed by atoms with Crippen molar-refractivity contribution in [3.8, 4) is 0 Å². The molecule has 8 nitrogen and oxygen atoms in total. The number of esters is 2. The summed E-state index contributed by atoms with van der Waals surface area (Å²) < 4.78 is 37.3. The molecule has 0 spiro atoms. The van der Waals surface area contributed by atoms with E-state index in [1.807, 2.05) is 19.9 Å². The normalized spacial score (nSPS) is 15.0. The lowest BCUT2D eigenvalue weighted by Crippen LogP contribution is -2.40. The first-order valence-corrected chi connectivity index (χ1v) is 12.6. The maximum absolute atomic E-state index is 12.9. The Balaban J connectivity index is 1.53. The number of sulfonamides is 1. The number of aryl methyl sites for hydroxylation is 2. The highest BCUT2D eigenvalue weighted by molar-refractivity contribution is 7.89. The van der Waals surface area contributed by atoms with Crippen LogP contribution in [0.4, 0.5) is 0 Å². The minimum atomic E-state index is -3.76. The van der Waals surface area contributed by atoms with Crippen LogP contribution in [0.25, 0.3) is 0 Å². The van der Waals surface area contributed by atoms with Crippen LogP contribution < -0.4 is 0 Å². The summed E-state index contributed by atoms with van der Waals surface area (Å²) in [5.41, 5.74) is 2.83. The minimum absolute atomic E-state index is 0.0700. The lowest BCUT2D eigenvalue weighted by Gasteiger charge is -2.30. The fraction of sp³-hybridized carbons (Fsp3) is 0.400. The van der Waals surface area contributed by atoms with Gasteiger partial charge in [-0.25, -0.2) is 13.2 Å². The quantitative estimate of drug-likeness (QED) is 0.415. The van der Waals surface area contributed by atoms with Gasteiger partial charge in [0.1, 0.15) is 0 Å². The van der Waals surface area contributed by atoms with Crippen molar-refractivity contribution in [2.45, 2.75) is 38.5 Å². The van der Waals surface area contributed by atoms with E-state index >= 15 is 0 Å². The Kier molecular flexibility index (Phi) is 8.22. The molecule has 1 heterocycles. The molecule has 0 aromatic heterocycles. The van der Waals surface area contributed by atoms with E-state index in [2.05, 4.69) is 0 Å². The molecular formula is C25H29NO7S. The van der Waals surface area contributed by atoms with Gasteiger partial charge in [0.05, 0.1) is 23.0 Å². The van der Waals surface area contributed by atoms with Gasteiger partial charge < -0.3 is 9.47 Å². The number of rotatable bonds is 8. The van der Waals surface area contributed by atoms with E-state index in [0.29, 0.717) is 18.4 Å². The second-order valence-corrected chi connectivity index (χ2v) is 10.2. The molecule has 0 saturated carbocycles. The third-order valence-electron chi connectivity index (χ3n) is 5.96. The predicted molar refractivity (Wildman–Crippen MR) is 125 cm³/mol. The lowest BCUT2D eigenvalue weighted by molar-refractivity contribution is -0.148. The van der Waals surface area contributed by atoms with Gasteiger partial charge in [-0.05, 0) is 75.1 Å². The maximum Gasteiger partial charge on any atom is 0.338 e. The van der Waals surface area contributed by atoms with E-state index in [1.54, 1.807) is 19.1 Å². The van der Waals surface area contributed by atoms with Crippen LogP contribution in [0.2, 0.25) is 0 Å². The second-order valence-electron chi connectivity index (χ2n) is 8.25. The number of benzene rings is 2. The summed E-state index contributed by atoms with van der Waals surface area (Å²) in [6, 6.07) is 10.9. The van der Waals surface area contributed by atoms with Crippen LogP contribution in [0, 0.1) is 19.8 Å². The molecule has 2 aromatic carbocycles. The van der Waals surface area contributed by atoms with Crippen molar-refractivity contribution in [3.63, 3.8) is 0 Å². The summed E-state index contributed by atoms with van der Waals surface area (Å²) in [6.07, 6.45) is 0.605. The van der Waals surface area contributed by atoms with Crippen LogP contribution >= 0.6 is 0 Å². The highest BCUT2D eigenvalue weighted by Gasteiger charge is 2.33. The molecule has 0 bridgehead atoms. The molecular weight excluding hydrogens is 458 g/mol. The van der Waals surface area contributed by atoms with Gasteiger partial charge in [0, 0.05) is 18.7 Å². The fourth-order valence-corrected chi connectivity index (χ4v) is 5.18. The zero-order chi connectivity index (χ0) is 24.9. The molecule has 0 atom stereocenters. The Morgan fingerprint density at radius 3 is 2.12 bits per heavy atom. The number of ketones is 1. The van der Waals surface area contributed by atoms with E-state index in [9.17, 15) is 22.8 Å². The van der Waals surface area contributed by atoms with E-state index in [-0.39, 0.29) is 42.5 Å². The van der Waals surface area contributed by atoms with Crippen molar-refractivity contribution in [2.24, 2.45) is 5.92 Å². The molecule has 34 heavy (non-hydrogen) atoms. The van der Waals surface area contributed by atoms with Gasteiger partial charge in [-0.1, -0.05) is 12.1 Å². The molecule has 1 aliphatic heterocycles. The van der Waals surface area contributed by atoms with Crippen molar-refractivity contribution < 1.29 is 32.3 Å². The van der Waals surface area contributed by atoms with Gasteiger partial charge in [-0.15, -0.1) is 0 Å². The largest absolute Gasteiger partial charge is 0.462 e. The number of hydrogen-bond acceptors (Lipinski definition) is 7. The van der Waals surface area contributed by atoms with E-state index in [0.717, 1.165) is 11.1 Å². The number of carbonyl (C=O) groups is 3. The van der Waals surface area contributed by atoms with Gasteiger partial charge in [0.15, 0.2) is 12.4 Å². The van der Waals surface area contributed by atoms with Crippen LogP contribution in [0.1, 0.15) is 51.6 Å². The van der Waals surface area contributed by atoms with Gasteiger partial charge in [-0.3, -0.25) is 9.59 Å². The van der Waals surface area contributed by atoms with Gasteiger partial charge in [-0.2, -0.15) is 4.31 Å². The molecule has 0 radical (unpaired) electrons. The Bertz CT molecular complexity index is 1160. The summed E-state index contributed by atoms with van der Waals surface area (Å²) >= 11 is 0. The number of nitrogens with zero attached hydrogens (tertiary/aromatic N) is 1. The fourth-order valence-electron chi connectivity index (χ4n) is 3.71. The maximum atomic E-state index is 12.9. The van der Waals surface area contributed by atoms with Crippen molar-refractivity contribution in [3.05, 3.63) is 64.7 Å². The first kappa shape index (κ1) is 25.6. The van der Waals surface area contributed by atoms with Crippen molar-refractivity contribution in [1.82, 2.24) is 4.31 Å². The Hall–Kier alpha value is -3.04. The minimum Gasteiger partial charge on any atom is -0.462 e. The number of Topliss-reactive ketones (excluding diaryl/α,β-unsaturated/α-hetero) is 1. The first-order valence-electron chi connectivity index (χ1n) is 11.2. The van der Waals surface area contributed by atoms with Crippen LogP contribution in [0.3, 0.4) is 0 Å². The SMILES string of the molecule is CCOC(=O)c1ccc(S(=O)(=O)N2CCC(C(=O)OCC(=O)c3ccc(C)c(C)c3)CC2)cc1. The van der Waals surface area contributed by atoms with Gasteiger partial charge >= 0.3 is 11.9 Å². The van der Waals surface area contributed by atoms with Gasteiger partial charge in [0.2, 0.25) is 10.0 Å². The van der Waals surface area contributed by atoms with E-state index in [4.69, 9.17) is 9.47 Å². The molecule has 0 unspecified atom stereocenters. The number of ether oxygens (including phenoxy) is 2. The number of piperidine rings is 1. The van der Waals surface area contributed by atoms with E-state index < -0.39 is 27.9 Å². The number of hydrogen-bond donors (Lipinski definition) is 0. The van der Waals surface area contributed by atoms with Crippen LogP contribution in [0.5, 0.6) is 0 Å². The summed E-state index contributed by atoms with van der Waals surface area (Å²) in [6.45, 7) is 5.77. The Morgan fingerprint density at radius 1 is 0.912 bits per heavy atom. The molecule has 182 valence electrons. The topological polar surface area (TPSA) is 107 Å². The molecule has 1 saturated heterocycles. The molecule has 0 N–H and O–H groups in total. The molecule has 2 aromatic rings. The monoisotopic (exact) mass is 487 g/mol. The van der Waals surface area contributed by atoms with Crippen molar-refractivity contribution in [1.29, 1.82) is 0 Å². The van der Waals surface area contributed by atoms with Crippen LogP contribution in [-0.2, 0) is 24.3 Å². The van der Waals surface area contributed by atoms with E-state index in [1.165, 1.54) is 28.6 Å². The summed E-state index contributed by atoms with van der Waals surface area (Å²) in [5.74, 6) is -1.75. The smallest absolute Gasteiger partial charge is 0.338 e. The Morgan fingerprint density at radius 2 is 1.53 bits per heavy atom. The molecule has 0 aliphatic carbocycles. The second kappa shape index (κ2) is 10.9. The molecule has 1 fully saturated rings. The Labute approximate surface area is 199 Å². The third-order valence-corrected chi connectivity index (χ3v) is 7.88. The zero-order valence-corrected chi connectivity index (χ0v) is 20.4. The number of carbonyl (C=O) groups excluding carboxylic acids is 3. The van der Waals surface area contributed by atoms with Crippen LogP contribution in [0.15, 0.2) is 47.4 Å².